The number of hydrogen-bond acceptors (Lipinski definition) is 2. The Morgan fingerprint density at radius 3 is 2.63 bits per heavy atom. The SMILES string of the molecule is CCc1cccc2cc(C)c(C(C)(C)C(=O)O)nc12. The second-order valence-electron chi connectivity index (χ2n) is 5.43. The molecule has 0 saturated carbocycles. The highest BCUT2D eigenvalue weighted by atomic mass is 16.4. The molecule has 0 atom stereocenters. The number of benzene rings is 1. The maximum absolute atomic E-state index is 11.4. The molecule has 0 fully saturated rings. The molecule has 0 amide bonds. The van der Waals surface area contributed by atoms with Gasteiger partial charge in [0.1, 0.15) is 5.41 Å². The highest BCUT2D eigenvalue weighted by molar-refractivity contribution is 5.86. The first kappa shape index (κ1) is 13.5. The lowest BCUT2D eigenvalue weighted by atomic mass is 9.85. The van der Waals surface area contributed by atoms with Crippen molar-refractivity contribution >= 4 is 16.9 Å². The molecule has 1 N–H and O–H groups in total. The lowest BCUT2D eigenvalue weighted by Gasteiger charge is -2.21. The summed E-state index contributed by atoms with van der Waals surface area (Å²) < 4.78 is 0. The fourth-order valence-electron chi connectivity index (χ4n) is 2.38. The predicted molar refractivity (Wildman–Crippen MR) is 76.5 cm³/mol. The molecule has 0 radical (unpaired) electrons. The molecular weight excluding hydrogens is 238 g/mol. The molecule has 0 unspecified atom stereocenters. The first-order valence-corrected chi connectivity index (χ1v) is 6.51. The average molecular weight is 257 g/mol. The number of carbonyl (C=O) groups is 1. The van der Waals surface area contributed by atoms with E-state index in [1.165, 1.54) is 0 Å². The van der Waals surface area contributed by atoms with Gasteiger partial charge in [-0.3, -0.25) is 9.78 Å². The lowest BCUT2D eigenvalue weighted by Crippen LogP contribution is -2.30. The first-order valence-electron chi connectivity index (χ1n) is 6.51. The standard InChI is InChI=1S/C16H19NO2/c1-5-11-7-6-8-12-9-10(2)14(17-13(11)12)16(3,4)15(18)19/h6-9H,5H2,1-4H3,(H,18,19). The van der Waals surface area contributed by atoms with Gasteiger partial charge in [-0.25, -0.2) is 0 Å². The summed E-state index contributed by atoms with van der Waals surface area (Å²) in [5.41, 5.74) is 2.67. The van der Waals surface area contributed by atoms with Gasteiger partial charge in [0, 0.05) is 5.39 Å². The Bertz CT molecular complexity index is 644. The van der Waals surface area contributed by atoms with E-state index in [1.54, 1.807) is 13.8 Å². The molecule has 0 spiro atoms. The highest BCUT2D eigenvalue weighted by Gasteiger charge is 2.32. The summed E-state index contributed by atoms with van der Waals surface area (Å²) >= 11 is 0. The second-order valence-corrected chi connectivity index (χ2v) is 5.43. The summed E-state index contributed by atoms with van der Waals surface area (Å²) in [7, 11) is 0. The van der Waals surface area contributed by atoms with Gasteiger partial charge in [-0.1, -0.05) is 25.1 Å². The summed E-state index contributed by atoms with van der Waals surface area (Å²) in [6.07, 6.45) is 0.889. The smallest absolute Gasteiger partial charge is 0.315 e. The molecule has 0 aliphatic carbocycles. The first-order chi connectivity index (χ1) is 8.87. The van der Waals surface area contributed by atoms with E-state index in [0.717, 1.165) is 28.5 Å². The fraction of sp³-hybridized carbons (Fsp3) is 0.375. The molecule has 0 saturated heterocycles. The van der Waals surface area contributed by atoms with Gasteiger partial charge in [0.15, 0.2) is 0 Å². The number of rotatable bonds is 3. The topological polar surface area (TPSA) is 50.2 Å². The Morgan fingerprint density at radius 1 is 1.37 bits per heavy atom. The molecule has 2 rings (SSSR count). The van der Waals surface area contributed by atoms with Crippen LogP contribution in [-0.2, 0) is 16.6 Å². The number of hydrogen-bond donors (Lipinski definition) is 1. The zero-order valence-electron chi connectivity index (χ0n) is 11.8. The Labute approximate surface area is 113 Å². The zero-order valence-corrected chi connectivity index (χ0v) is 11.8. The Balaban J connectivity index is 2.77. The van der Waals surface area contributed by atoms with Crippen LogP contribution in [0.15, 0.2) is 24.3 Å². The van der Waals surface area contributed by atoms with Crippen molar-refractivity contribution in [2.45, 2.75) is 39.5 Å². The van der Waals surface area contributed by atoms with Crippen molar-refractivity contribution in [1.82, 2.24) is 4.98 Å². The van der Waals surface area contributed by atoms with E-state index >= 15 is 0 Å². The van der Waals surface area contributed by atoms with E-state index in [-0.39, 0.29) is 0 Å². The van der Waals surface area contributed by atoms with Crippen molar-refractivity contribution in [3.8, 4) is 0 Å². The van der Waals surface area contributed by atoms with Gasteiger partial charge < -0.3 is 5.11 Å². The average Bonchev–Trinajstić information content (AvgIpc) is 2.36. The molecular formula is C16H19NO2. The van der Waals surface area contributed by atoms with Gasteiger partial charge in [-0.05, 0) is 44.4 Å². The summed E-state index contributed by atoms with van der Waals surface area (Å²) in [5, 5.41) is 10.4. The van der Waals surface area contributed by atoms with E-state index in [9.17, 15) is 9.90 Å². The Hall–Kier alpha value is -1.90. The van der Waals surface area contributed by atoms with Crippen molar-refractivity contribution in [3.05, 3.63) is 41.1 Å². The molecule has 0 aliphatic heterocycles. The highest BCUT2D eigenvalue weighted by Crippen LogP contribution is 2.28. The number of para-hydroxylation sites is 1. The minimum atomic E-state index is -0.973. The van der Waals surface area contributed by atoms with Gasteiger partial charge in [0.05, 0.1) is 11.2 Å². The lowest BCUT2D eigenvalue weighted by molar-refractivity contribution is -0.142. The van der Waals surface area contributed by atoms with E-state index in [4.69, 9.17) is 0 Å². The number of carboxylic acids is 1. The molecule has 1 aromatic carbocycles. The maximum atomic E-state index is 11.4. The summed E-state index contributed by atoms with van der Waals surface area (Å²) in [6.45, 7) is 7.40. The predicted octanol–water partition coefficient (Wildman–Crippen LogP) is 3.47. The summed E-state index contributed by atoms with van der Waals surface area (Å²) in [5.74, 6) is -0.851. The number of carboxylic acid groups (broad SMARTS) is 1. The summed E-state index contributed by atoms with van der Waals surface area (Å²) in [4.78, 5) is 16.1. The van der Waals surface area contributed by atoms with Crippen molar-refractivity contribution < 1.29 is 9.90 Å². The van der Waals surface area contributed by atoms with Crippen LogP contribution in [0.4, 0.5) is 0 Å². The minimum absolute atomic E-state index is 0.647. The number of aliphatic carboxylic acids is 1. The van der Waals surface area contributed by atoms with Crippen LogP contribution in [-0.4, -0.2) is 16.1 Å². The number of aromatic nitrogens is 1. The monoisotopic (exact) mass is 257 g/mol. The normalized spacial score (nSPS) is 11.8. The molecule has 2 aromatic rings. The van der Waals surface area contributed by atoms with Crippen LogP contribution in [0.3, 0.4) is 0 Å². The summed E-state index contributed by atoms with van der Waals surface area (Å²) in [6, 6.07) is 8.11. The van der Waals surface area contributed by atoms with Crippen LogP contribution in [0.25, 0.3) is 10.9 Å². The van der Waals surface area contributed by atoms with E-state index in [1.807, 2.05) is 31.2 Å². The maximum Gasteiger partial charge on any atom is 0.315 e. The van der Waals surface area contributed by atoms with E-state index in [2.05, 4.69) is 11.9 Å². The van der Waals surface area contributed by atoms with Crippen molar-refractivity contribution in [2.75, 3.05) is 0 Å². The van der Waals surface area contributed by atoms with Crippen LogP contribution < -0.4 is 0 Å². The molecule has 0 bridgehead atoms. The van der Waals surface area contributed by atoms with Crippen LogP contribution in [0.2, 0.25) is 0 Å². The molecule has 100 valence electrons. The van der Waals surface area contributed by atoms with Crippen LogP contribution in [0.5, 0.6) is 0 Å². The van der Waals surface area contributed by atoms with Crippen molar-refractivity contribution in [2.24, 2.45) is 0 Å². The number of fused-ring (bicyclic) bond motifs is 1. The van der Waals surface area contributed by atoms with Crippen LogP contribution in [0, 0.1) is 6.92 Å². The number of pyridine rings is 1. The fourth-order valence-corrected chi connectivity index (χ4v) is 2.38. The number of nitrogens with zero attached hydrogens (tertiary/aromatic N) is 1. The Kier molecular flexibility index (Phi) is 3.31. The minimum Gasteiger partial charge on any atom is -0.481 e. The number of aryl methyl sites for hydroxylation is 2. The third-order valence-corrected chi connectivity index (χ3v) is 3.63. The van der Waals surface area contributed by atoms with Crippen molar-refractivity contribution in [1.29, 1.82) is 0 Å². The van der Waals surface area contributed by atoms with E-state index in [0.29, 0.717) is 5.69 Å². The largest absolute Gasteiger partial charge is 0.481 e. The molecule has 19 heavy (non-hydrogen) atoms. The van der Waals surface area contributed by atoms with Gasteiger partial charge in [-0.15, -0.1) is 0 Å². The third-order valence-electron chi connectivity index (χ3n) is 3.63. The molecule has 3 nitrogen and oxygen atoms in total. The third kappa shape index (κ3) is 2.21. The quantitative estimate of drug-likeness (QED) is 0.916. The van der Waals surface area contributed by atoms with Crippen LogP contribution in [0.1, 0.15) is 37.6 Å². The second kappa shape index (κ2) is 4.65. The molecule has 3 heteroatoms. The van der Waals surface area contributed by atoms with Gasteiger partial charge in [0.25, 0.3) is 0 Å². The molecule has 0 aliphatic rings. The van der Waals surface area contributed by atoms with Gasteiger partial charge >= 0.3 is 5.97 Å². The van der Waals surface area contributed by atoms with Crippen molar-refractivity contribution in [3.63, 3.8) is 0 Å². The molecule has 1 aromatic heterocycles. The zero-order chi connectivity index (χ0) is 14.2. The van der Waals surface area contributed by atoms with Gasteiger partial charge in [0.2, 0.25) is 0 Å². The van der Waals surface area contributed by atoms with Gasteiger partial charge in [-0.2, -0.15) is 0 Å². The Morgan fingerprint density at radius 2 is 2.05 bits per heavy atom. The van der Waals surface area contributed by atoms with E-state index < -0.39 is 11.4 Å². The molecule has 1 heterocycles. The van der Waals surface area contributed by atoms with Crippen LogP contribution >= 0.6 is 0 Å².